The summed E-state index contributed by atoms with van der Waals surface area (Å²) in [5.41, 5.74) is 4.87. The molecule has 1 unspecified atom stereocenters. The van der Waals surface area contributed by atoms with Crippen LogP contribution >= 0.6 is 0 Å². The van der Waals surface area contributed by atoms with Gasteiger partial charge in [0.15, 0.2) is 0 Å². The minimum Gasteiger partial charge on any atom is -0.330 e. The zero-order chi connectivity index (χ0) is 12.8. The lowest BCUT2D eigenvalue weighted by molar-refractivity contribution is -0.0574. The van der Waals surface area contributed by atoms with Crippen molar-refractivity contribution in [3.05, 3.63) is 0 Å². The zero-order valence-electron chi connectivity index (χ0n) is 8.53. The zero-order valence-corrected chi connectivity index (χ0v) is 9.35. The van der Waals surface area contributed by atoms with Gasteiger partial charge in [-0.25, -0.2) is 4.18 Å². The molecule has 0 aromatic rings. The van der Waals surface area contributed by atoms with Gasteiger partial charge in [-0.3, -0.25) is 0 Å². The number of nitrogens with two attached hydrogens (primary N) is 2. The molecule has 0 amide bonds. The van der Waals surface area contributed by atoms with Gasteiger partial charge in [0.1, 0.15) is 6.23 Å². The molecule has 0 aromatic heterocycles. The minimum absolute atomic E-state index is 0.0370. The van der Waals surface area contributed by atoms with Gasteiger partial charge in [-0.15, -0.1) is 0 Å². The first kappa shape index (κ1) is 15.6. The summed E-state index contributed by atoms with van der Waals surface area (Å²) in [6.07, 6.45) is 0.406. The van der Waals surface area contributed by atoms with Crippen LogP contribution in [0.15, 0.2) is 0 Å². The molecule has 0 bridgehead atoms. The van der Waals surface area contributed by atoms with E-state index in [0.717, 1.165) is 0 Å². The molecular formula is C7H15F3N2O3S. The fourth-order valence-electron chi connectivity index (χ4n) is 0.932. The topological polar surface area (TPSA) is 95.4 Å². The molecule has 0 aromatic carbocycles. The molecule has 0 heterocycles. The molecule has 0 aliphatic heterocycles. The summed E-state index contributed by atoms with van der Waals surface area (Å²) in [4.78, 5) is 0. The summed E-state index contributed by atoms with van der Waals surface area (Å²) in [5, 5.41) is 0. The van der Waals surface area contributed by atoms with E-state index < -0.39 is 21.9 Å². The van der Waals surface area contributed by atoms with Gasteiger partial charge in [0.25, 0.3) is 0 Å². The van der Waals surface area contributed by atoms with Crippen LogP contribution in [0.4, 0.5) is 13.2 Å². The van der Waals surface area contributed by atoms with Crippen LogP contribution in [0, 0.1) is 0 Å². The van der Waals surface area contributed by atoms with Crippen molar-refractivity contribution in [1.29, 1.82) is 0 Å². The molecule has 5 nitrogen and oxygen atoms in total. The number of alkyl halides is 3. The van der Waals surface area contributed by atoms with Crippen LogP contribution in [0.3, 0.4) is 0 Å². The Morgan fingerprint density at radius 3 is 2.19 bits per heavy atom. The van der Waals surface area contributed by atoms with Gasteiger partial charge in [-0.05, 0) is 25.8 Å². The molecule has 0 radical (unpaired) electrons. The van der Waals surface area contributed by atoms with Crippen LogP contribution in [0.2, 0.25) is 0 Å². The summed E-state index contributed by atoms with van der Waals surface area (Å²) < 4.78 is 60.3. The summed E-state index contributed by atoms with van der Waals surface area (Å²) >= 11 is 0. The second-order valence-electron chi connectivity index (χ2n) is 3.17. The van der Waals surface area contributed by atoms with Gasteiger partial charge < -0.3 is 11.5 Å². The van der Waals surface area contributed by atoms with Gasteiger partial charge in [-0.1, -0.05) is 6.42 Å². The molecule has 16 heavy (non-hydrogen) atoms. The number of rotatable bonds is 7. The quantitative estimate of drug-likeness (QED) is 0.305. The third kappa shape index (κ3) is 5.64. The van der Waals surface area contributed by atoms with Gasteiger partial charge >= 0.3 is 15.6 Å². The van der Waals surface area contributed by atoms with Crippen LogP contribution in [-0.4, -0.2) is 26.7 Å². The van der Waals surface area contributed by atoms with Crippen molar-refractivity contribution in [3.63, 3.8) is 0 Å². The van der Waals surface area contributed by atoms with Crippen molar-refractivity contribution in [2.24, 2.45) is 11.5 Å². The highest BCUT2D eigenvalue weighted by molar-refractivity contribution is 7.87. The van der Waals surface area contributed by atoms with Crippen LogP contribution in [0.25, 0.3) is 0 Å². The Bertz CT molecular complexity index is 292. The Labute approximate surface area is 92.1 Å². The Morgan fingerprint density at radius 2 is 1.75 bits per heavy atom. The molecule has 0 aliphatic carbocycles. The Hall–Kier alpha value is -0.380. The van der Waals surface area contributed by atoms with Crippen molar-refractivity contribution < 1.29 is 25.8 Å². The van der Waals surface area contributed by atoms with Gasteiger partial charge in [-0.2, -0.15) is 21.6 Å². The molecule has 9 heteroatoms. The van der Waals surface area contributed by atoms with Gasteiger partial charge in [0.2, 0.25) is 0 Å². The van der Waals surface area contributed by atoms with Crippen LogP contribution in [-0.2, 0) is 14.3 Å². The highest BCUT2D eigenvalue weighted by atomic mass is 32.2. The first-order valence-corrected chi connectivity index (χ1v) is 6.06. The molecule has 0 spiro atoms. The van der Waals surface area contributed by atoms with E-state index in [4.69, 9.17) is 11.5 Å². The molecule has 0 rings (SSSR count). The SMILES string of the molecule is NCCCCCC(N)OS(=O)(=O)C(F)(F)F. The Morgan fingerprint density at radius 1 is 1.19 bits per heavy atom. The maximum Gasteiger partial charge on any atom is 0.523 e. The third-order valence-electron chi connectivity index (χ3n) is 1.73. The lowest BCUT2D eigenvalue weighted by Crippen LogP contribution is -2.34. The molecule has 0 saturated carbocycles. The van der Waals surface area contributed by atoms with E-state index in [-0.39, 0.29) is 6.42 Å². The number of hydrogen-bond acceptors (Lipinski definition) is 5. The van der Waals surface area contributed by atoms with E-state index >= 15 is 0 Å². The van der Waals surface area contributed by atoms with Crippen LogP contribution < -0.4 is 11.5 Å². The third-order valence-corrected chi connectivity index (χ3v) is 2.79. The fraction of sp³-hybridized carbons (Fsp3) is 1.00. The molecule has 98 valence electrons. The number of halogens is 3. The van der Waals surface area contributed by atoms with E-state index in [0.29, 0.717) is 25.8 Å². The summed E-state index contributed by atoms with van der Waals surface area (Å²) in [7, 11) is -5.59. The van der Waals surface area contributed by atoms with Crippen molar-refractivity contribution in [2.45, 2.75) is 37.4 Å². The molecule has 1 atom stereocenters. The lowest BCUT2D eigenvalue weighted by atomic mass is 10.2. The molecular weight excluding hydrogens is 249 g/mol. The normalized spacial score (nSPS) is 15.1. The average Bonchev–Trinajstić information content (AvgIpc) is 2.10. The van der Waals surface area contributed by atoms with Crippen molar-refractivity contribution >= 4 is 10.1 Å². The van der Waals surface area contributed by atoms with Crippen molar-refractivity contribution in [2.75, 3.05) is 6.54 Å². The monoisotopic (exact) mass is 264 g/mol. The van der Waals surface area contributed by atoms with E-state index in [2.05, 4.69) is 4.18 Å². The van der Waals surface area contributed by atoms with Crippen molar-refractivity contribution in [3.8, 4) is 0 Å². The largest absolute Gasteiger partial charge is 0.523 e. The average molecular weight is 264 g/mol. The lowest BCUT2D eigenvalue weighted by Gasteiger charge is -2.14. The first-order valence-electron chi connectivity index (χ1n) is 4.66. The van der Waals surface area contributed by atoms with E-state index in [1.165, 1.54) is 0 Å². The molecule has 0 aliphatic rings. The summed E-state index contributed by atoms with van der Waals surface area (Å²) in [6, 6.07) is 0. The summed E-state index contributed by atoms with van der Waals surface area (Å²) in [5.74, 6) is 0. The second-order valence-corrected chi connectivity index (χ2v) is 4.74. The highest BCUT2D eigenvalue weighted by Crippen LogP contribution is 2.25. The summed E-state index contributed by atoms with van der Waals surface area (Å²) in [6.45, 7) is 0.469. The second kappa shape index (κ2) is 6.38. The number of unbranched alkanes of at least 4 members (excludes halogenated alkanes) is 2. The smallest absolute Gasteiger partial charge is 0.330 e. The van der Waals surface area contributed by atoms with Crippen molar-refractivity contribution in [1.82, 2.24) is 0 Å². The predicted molar refractivity (Wildman–Crippen MR) is 51.6 cm³/mol. The fourth-order valence-corrected chi connectivity index (χ4v) is 1.46. The van der Waals surface area contributed by atoms with E-state index in [1.54, 1.807) is 0 Å². The van der Waals surface area contributed by atoms with Gasteiger partial charge in [0.05, 0.1) is 0 Å². The van der Waals surface area contributed by atoms with E-state index in [1.807, 2.05) is 0 Å². The van der Waals surface area contributed by atoms with Crippen LogP contribution in [0.5, 0.6) is 0 Å². The Kier molecular flexibility index (Phi) is 6.23. The molecule has 0 saturated heterocycles. The minimum atomic E-state index is -5.59. The first-order chi connectivity index (χ1) is 7.20. The maximum absolute atomic E-state index is 11.9. The molecule has 4 N–H and O–H groups in total. The number of hydrogen-bond donors (Lipinski definition) is 2. The maximum atomic E-state index is 11.9. The molecule has 0 fully saturated rings. The highest BCUT2D eigenvalue weighted by Gasteiger charge is 2.48. The van der Waals surface area contributed by atoms with Gasteiger partial charge in [0, 0.05) is 0 Å². The standard InChI is InChI=1S/C7H15F3N2O3S/c8-7(9,10)16(13,14)15-6(12)4-2-1-3-5-11/h6H,1-5,11-12H2. The van der Waals surface area contributed by atoms with E-state index in [9.17, 15) is 21.6 Å². The Balaban J connectivity index is 4.01. The van der Waals surface area contributed by atoms with Crippen LogP contribution in [0.1, 0.15) is 25.7 Å². The predicted octanol–water partition coefficient (Wildman–Crippen LogP) is 0.657.